The van der Waals surface area contributed by atoms with Crippen molar-refractivity contribution in [2.24, 2.45) is 11.1 Å². The predicted molar refractivity (Wildman–Crippen MR) is 93.6 cm³/mol. The molecule has 1 saturated heterocycles. The summed E-state index contributed by atoms with van der Waals surface area (Å²) in [7, 11) is 1.21. The molecule has 0 bridgehead atoms. The minimum Gasteiger partial charge on any atom is -0.468 e. The third kappa shape index (κ3) is 2.35. The average Bonchev–Trinajstić information content (AvgIpc) is 3.24. The lowest BCUT2D eigenvalue weighted by molar-refractivity contribution is -0.150. The Labute approximate surface area is 154 Å². The molecule has 4 atom stereocenters. The second-order valence-electron chi connectivity index (χ2n) is 6.20. The number of fused-ring (bicyclic) bond motifs is 1. The molecule has 0 spiro atoms. The fraction of sp³-hybridized carbons (Fsp3) is 0.333. The Morgan fingerprint density at radius 1 is 1.42 bits per heavy atom. The highest BCUT2D eigenvalue weighted by molar-refractivity contribution is 7.10. The van der Waals surface area contributed by atoms with E-state index in [4.69, 9.17) is 10.5 Å². The molecule has 0 aliphatic carbocycles. The van der Waals surface area contributed by atoms with Crippen molar-refractivity contribution in [3.05, 3.63) is 46.3 Å². The van der Waals surface area contributed by atoms with Gasteiger partial charge in [-0.3, -0.25) is 14.4 Å². The number of allylic oxidation sites excluding steroid dienone is 2. The lowest BCUT2D eigenvalue weighted by atomic mass is 9.71. The van der Waals surface area contributed by atoms with E-state index in [1.54, 1.807) is 34.6 Å². The summed E-state index contributed by atoms with van der Waals surface area (Å²) in [5.41, 5.74) is 4.38. The molecule has 3 heterocycles. The normalized spacial score (nSPS) is 29.5. The van der Waals surface area contributed by atoms with Crippen LogP contribution >= 0.6 is 11.3 Å². The summed E-state index contributed by atoms with van der Waals surface area (Å²) < 4.78 is 4.95. The number of hydrogen-bond acceptors (Lipinski definition) is 7. The number of thiophene rings is 1. The second-order valence-corrected chi connectivity index (χ2v) is 7.18. The van der Waals surface area contributed by atoms with Gasteiger partial charge in [-0.15, -0.1) is 11.3 Å². The summed E-state index contributed by atoms with van der Waals surface area (Å²) in [5.74, 6) is -2.41. The topological polar surface area (TPSA) is 113 Å². The van der Waals surface area contributed by atoms with Crippen molar-refractivity contribution in [3.63, 3.8) is 0 Å². The number of Topliss-reactive ketones (excluding diaryl/α,β-unsaturated/α-hetero) is 1. The van der Waals surface area contributed by atoms with E-state index in [0.717, 1.165) is 0 Å². The number of rotatable bonds is 4. The molecule has 3 rings (SSSR count). The number of nitrogens with two attached hydrogens (primary N) is 1. The Morgan fingerprint density at radius 2 is 2.15 bits per heavy atom. The van der Waals surface area contributed by atoms with Crippen molar-refractivity contribution in [1.29, 1.82) is 5.26 Å². The van der Waals surface area contributed by atoms with Gasteiger partial charge in [0.15, 0.2) is 11.2 Å². The molecule has 1 aromatic rings. The molecule has 2 aliphatic heterocycles. The van der Waals surface area contributed by atoms with E-state index < -0.39 is 35.3 Å². The molecule has 0 saturated carbocycles. The summed E-state index contributed by atoms with van der Waals surface area (Å²) in [6.07, 6.45) is 4.67. The number of amides is 1. The van der Waals surface area contributed by atoms with Crippen LogP contribution in [-0.4, -0.2) is 41.8 Å². The number of methoxy groups -OCH3 is 1. The van der Waals surface area contributed by atoms with Gasteiger partial charge in [-0.2, -0.15) is 5.26 Å². The number of esters is 1. The quantitative estimate of drug-likeness (QED) is 0.793. The molecule has 8 heteroatoms. The minimum atomic E-state index is -1.66. The van der Waals surface area contributed by atoms with Gasteiger partial charge in [-0.05, 0) is 18.4 Å². The molecule has 4 unspecified atom stereocenters. The van der Waals surface area contributed by atoms with E-state index in [-0.39, 0.29) is 5.78 Å². The highest BCUT2D eigenvalue weighted by Crippen LogP contribution is 2.54. The van der Waals surface area contributed by atoms with Crippen molar-refractivity contribution in [2.75, 3.05) is 7.11 Å². The second kappa shape index (κ2) is 6.42. The lowest BCUT2D eigenvalue weighted by Gasteiger charge is -2.32. The fourth-order valence-electron chi connectivity index (χ4n) is 3.79. The number of carbonyl (C=O) groups is 3. The Hall–Kier alpha value is -2.92. The summed E-state index contributed by atoms with van der Waals surface area (Å²) in [6, 6.07) is 3.92. The zero-order valence-electron chi connectivity index (χ0n) is 14.2. The number of nitriles is 1. The van der Waals surface area contributed by atoms with Crippen LogP contribution in [0.5, 0.6) is 0 Å². The number of primary amides is 1. The lowest BCUT2D eigenvalue weighted by Crippen LogP contribution is -2.45. The van der Waals surface area contributed by atoms with Gasteiger partial charge >= 0.3 is 5.97 Å². The maximum Gasteiger partial charge on any atom is 0.329 e. The molecule has 26 heavy (non-hydrogen) atoms. The number of carbonyl (C=O) groups excluding carboxylic acids is 3. The van der Waals surface area contributed by atoms with Gasteiger partial charge < -0.3 is 15.4 Å². The molecule has 1 fully saturated rings. The first-order valence-electron chi connectivity index (χ1n) is 7.89. The van der Waals surface area contributed by atoms with Crippen LogP contribution in [0, 0.1) is 16.7 Å². The zero-order valence-corrected chi connectivity index (χ0v) is 15.0. The van der Waals surface area contributed by atoms with Crippen LogP contribution in [-0.2, 0) is 19.1 Å². The van der Waals surface area contributed by atoms with Gasteiger partial charge in [0.2, 0.25) is 5.91 Å². The molecule has 134 valence electrons. The van der Waals surface area contributed by atoms with E-state index in [9.17, 15) is 19.6 Å². The van der Waals surface area contributed by atoms with Gasteiger partial charge in [-0.1, -0.05) is 18.2 Å². The average molecular weight is 371 g/mol. The molecule has 1 aromatic heterocycles. The SMILES string of the molecule is COC(=O)C1(C#N)C(c2cccs2)C(C(N)=O)N2C=C(C(C)=O)C=CC21. The first kappa shape index (κ1) is 17.9. The van der Waals surface area contributed by atoms with E-state index in [1.165, 1.54) is 31.6 Å². The summed E-state index contributed by atoms with van der Waals surface area (Å²) >= 11 is 1.33. The maximum absolute atomic E-state index is 12.8. The Balaban J connectivity index is 2.28. The van der Waals surface area contributed by atoms with Crippen LogP contribution in [0.2, 0.25) is 0 Å². The van der Waals surface area contributed by atoms with Crippen LogP contribution in [0.25, 0.3) is 0 Å². The number of hydrogen-bond donors (Lipinski definition) is 1. The Bertz CT molecular complexity index is 867. The molecule has 2 aliphatic rings. The zero-order chi connectivity index (χ0) is 19.1. The fourth-order valence-corrected chi connectivity index (χ4v) is 4.72. The van der Waals surface area contributed by atoms with E-state index in [1.807, 2.05) is 0 Å². The molecular weight excluding hydrogens is 354 g/mol. The van der Waals surface area contributed by atoms with Crippen molar-refractivity contribution in [1.82, 2.24) is 4.90 Å². The van der Waals surface area contributed by atoms with Gasteiger partial charge in [0.05, 0.1) is 25.1 Å². The molecule has 7 nitrogen and oxygen atoms in total. The summed E-state index contributed by atoms with van der Waals surface area (Å²) in [6.45, 7) is 1.40. The maximum atomic E-state index is 12.8. The molecular formula is C18H17N3O4S. The van der Waals surface area contributed by atoms with Crippen LogP contribution < -0.4 is 5.73 Å². The van der Waals surface area contributed by atoms with E-state index >= 15 is 0 Å². The van der Waals surface area contributed by atoms with Crippen molar-refractivity contribution < 1.29 is 19.1 Å². The Morgan fingerprint density at radius 3 is 2.65 bits per heavy atom. The van der Waals surface area contributed by atoms with Crippen LogP contribution in [0.3, 0.4) is 0 Å². The van der Waals surface area contributed by atoms with Gasteiger partial charge in [-0.25, -0.2) is 0 Å². The standard InChI is InChI=1S/C18H17N3O4S/c1-10(22)11-5-6-13-18(9-19,17(24)25-2)14(12-4-3-7-26-12)15(16(20)23)21(13)8-11/h3-8,13-15H,1-2H3,(H2,20,23). The summed E-state index contributed by atoms with van der Waals surface area (Å²) in [5, 5.41) is 11.9. The predicted octanol–water partition coefficient (Wildman–Crippen LogP) is 1.10. The third-order valence-corrected chi connectivity index (χ3v) is 5.87. The van der Waals surface area contributed by atoms with Crippen molar-refractivity contribution in [3.8, 4) is 6.07 Å². The summed E-state index contributed by atoms with van der Waals surface area (Å²) in [4.78, 5) is 39.1. The van der Waals surface area contributed by atoms with Crippen molar-refractivity contribution >= 4 is 29.0 Å². The molecule has 2 N–H and O–H groups in total. The Kier molecular flexibility index (Phi) is 4.42. The van der Waals surface area contributed by atoms with Gasteiger partial charge in [0, 0.05) is 16.7 Å². The molecule has 0 aromatic carbocycles. The third-order valence-electron chi connectivity index (χ3n) is 4.92. The number of ether oxygens (including phenoxy) is 1. The number of ketones is 1. The minimum absolute atomic E-state index is 0.192. The van der Waals surface area contributed by atoms with Crippen LogP contribution in [0.15, 0.2) is 41.4 Å². The first-order chi connectivity index (χ1) is 12.4. The van der Waals surface area contributed by atoms with Crippen molar-refractivity contribution in [2.45, 2.75) is 24.9 Å². The number of nitrogens with zero attached hydrogens (tertiary/aromatic N) is 2. The largest absolute Gasteiger partial charge is 0.468 e. The van der Waals surface area contributed by atoms with Crippen LogP contribution in [0.4, 0.5) is 0 Å². The van der Waals surface area contributed by atoms with E-state index in [2.05, 4.69) is 6.07 Å². The monoisotopic (exact) mass is 371 g/mol. The smallest absolute Gasteiger partial charge is 0.329 e. The van der Waals surface area contributed by atoms with Crippen LogP contribution in [0.1, 0.15) is 17.7 Å². The van der Waals surface area contributed by atoms with Gasteiger partial charge in [0.1, 0.15) is 6.04 Å². The highest BCUT2D eigenvalue weighted by Gasteiger charge is 2.66. The highest BCUT2D eigenvalue weighted by atomic mass is 32.1. The van der Waals surface area contributed by atoms with Gasteiger partial charge in [0.25, 0.3) is 0 Å². The molecule has 0 radical (unpaired) electrons. The van der Waals surface area contributed by atoms with E-state index in [0.29, 0.717) is 10.5 Å². The molecule has 1 amide bonds. The first-order valence-corrected chi connectivity index (χ1v) is 8.77.